The van der Waals surface area contributed by atoms with Crippen LogP contribution in [0, 0.1) is 18.3 Å². The number of rotatable bonds is 3. The molecule has 5 heteroatoms. The van der Waals surface area contributed by atoms with Crippen molar-refractivity contribution >= 4 is 17.4 Å². The molecule has 1 aliphatic heterocycles. The van der Waals surface area contributed by atoms with Crippen LogP contribution in [0.4, 0.5) is 5.82 Å². The van der Waals surface area contributed by atoms with Crippen molar-refractivity contribution in [2.45, 2.75) is 26.1 Å². The third-order valence-electron chi connectivity index (χ3n) is 3.76. The lowest BCUT2D eigenvalue weighted by Gasteiger charge is -2.13. The Bertz CT molecular complexity index is 706. The Labute approximate surface area is 128 Å². The third kappa shape index (κ3) is 2.71. The van der Waals surface area contributed by atoms with Gasteiger partial charge in [0.25, 0.3) is 0 Å². The van der Waals surface area contributed by atoms with Crippen LogP contribution in [-0.4, -0.2) is 11.1 Å². The zero-order valence-electron chi connectivity index (χ0n) is 11.7. The summed E-state index contributed by atoms with van der Waals surface area (Å²) < 4.78 is 0. The van der Waals surface area contributed by atoms with E-state index in [4.69, 9.17) is 16.9 Å². The minimum Gasteiger partial charge on any atom is -0.354 e. The van der Waals surface area contributed by atoms with Crippen LogP contribution in [0.1, 0.15) is 22.3 Å². The zero-order valence-corrected chi connectivity index (χ0v) is 12.4. The molecule has 2 aromatic rings. The molecule has 0 fully saturated rings. The molecule has 106 valence electrons. The van der Waals surface area contributed by atoms with Crippen LogP contribution in [-0.2, 0) is 13.0 Å². The third-order valence-corrected chi connectivity index (χ3v) is 4.03. The van der Waals surface area contributed by atoms with E-state index in [0.717, 1.165) is 29.9 Å². The second-order valence-electron chi connectivity index (χ2n) is 5.11. The van der Waals surface area contributed by atoms with Crippen LogP contribution in [0.3, 0.4) is 0 Å². The molecule has 1 unspecified atom stereocenters. The number of nitrogens with zero attached hydrogens (tertiary/aromatic N) is 2. The van der Waals surface area contributed by atoms with Gasteiger partial charge in [-0.2, -0.15) is 5.26 Å². The number of nitrogens with one attached hydrogen (secondary N) is 2. The molecule has 0 spiro atoms. The van der Waals surface area contributed by atoms with Gasteiger partial charge in [-0.1, -0.05) is 41.9 Å². The van der Waals surface area contributed by atoms with Gasteiger partial charge in [0, 0.05) is 18.5 Å². The maximum atomic E-state index is 9.14. The smallest absolute Gasteiger partial charge is 0.149 e. The van der Waals surface area contributed by atoms with E-state index in [9.17, 15) is 0 Å². The Kier molecular flexibility index (Phi) is 3.78. The SMILES string of the molecule is Cc1c(C#N)c(Cl)nc2c1CC(NCc1ccccc1)N2. The number of benzene rings is 1. The molecule has 1 aromatic carbocycles. The Hall–Kier alpha value is -2.09. The van der Waals surface area contributed by atoms with E-state index in [1.165, 1.54) is 5.56 Å². The first-order chi connectivity index (χ1) is 10.2. The van der Waals surface area contributed by atoms with Crippen molar-refractivity contribution in [1.29, 1.82) is 5.26 Å². The molecule has 0 aliphatic carbocycles. The summed E-state index contributed by atoms with van der Waals surface area (Å²) in [5.41, 5.74) is 3.70. The number of hydrogen-bond donors (Lipinski definition) is 2. The van der Waals surface area contributed by atoms with Crippen molar-refractivity contribution < 1.29 is 0 Å². The number of pyridine rings is 1. The number of halogens is 1. The molecule has 0 amide bonds. The molecule has 21 heavy (non-hydrogen) atoms. The maximum Gasteiger partial charge on any atom is 0.149 e. The van der Waals surface area contributed by atoms with E-state index in [2.05, 4.69) is 33.8 Å². The van der Waals surface area contributed by atoms with Crippen LogP contribution in [0.2, 0.25) is 5.15 Å². The fourth-order valence-electron chi connectivity index (χ4n) is 2.58. The maximum absolute atomic E-state index is 9.14. The van der Waals surface area contributed by atoms with Gasteiger partial charge < -0.3 is 5.32 Å². The van der Waals surface area contributed by atoms with Gasteiger partial charge in [0.15, 0.2) is 0 Å². The van der Waals surface area contributed by atoms with Crippen LogP contribution >= 0.6 is 11.6 Å². The zero-order chi connectivity index (χ0) is 14.8. The van der Waals surface area contributed by atoms with Crippen molar-refractivity contribution in [3.63, 3.8) is 0 Å². The standard InChI is InChI=1S/C16H15ClN4/c1-10-12-7-14(19-9-11-5-3-2-4-6-11)20-16(12)21-15(17)13(10)8-18/h2-6,14,19H,7,9H2,1H3,(H,20,21). The Morgan fingerprint density at radius 2 is 2.19 bits per heavy atom. The summed E-state index contributed by atoms with van der Waals surface area (Å²) in [5, 5.41) is 16.2. The lowest BCUT2D eigenvalue weighted by Crippen LogP contribution is -2.33. The Balaban J connectivity index is 1.73. The minimum atomic E-state index is 0.108. The first-order valence-electron chi connectivity index (χ1n) is 6.82. The van der Waals surface area contributed by atoms with Gasteiger partial charge in [-0.05, 0) is 18.1 Å². The highest BCUT2D eigenvalue weighted by atomic mass is 35.5. The first kappa shape index (κ1) is 13.9. The quantitative estimate of drug-likeness (QED) is 0.855. The van der Waals surface area contributed by atoms with Gasteiger partial charge in [-0.25, -0.2) is 4.98 Å². The molecule has 2 N–H and O–H groups in total. The van der Waals surface area contributed by atoms with Crippen molar-refractivity contribution in [3.05, 3.63) is 57.7 Å². The fraction of sp³-hybridized carbons (Fsp3) is 0.250. The highest BCUT2D eigenvalue weighted by Crippen LogP contribution is 2.31. The van der Waals surface area contributed by atoms with Gasteiger partial charge in [-0.3, -0.25) is 5.32 Å². The van der Waals surface area contributed by atoms with Gasteiger partial charge in [0.1, 0.15) is 17.0 Å². The topological polar surface area (TPSA) is 60.7 Å². The van der Waals surface area contributed by atoms with Crippen molar-refractivity contribution in [1.82, 2.24) is 10.3 Å². The summed E-state index contributed by atoms with van der Waals surface area (Å²) in [6.07, 6.45) is 0.906. The van der Waals surface area contributed by atoms with E-state index in [1.807, 2.05) is 25.1 Å². The number of hydrogen-bond acceptors (Lipinski definition) is 4. The number of anilines is 1. The summed E-state index contributed by atoms with van der Waals surface area (Å²) in [4.78, 5) is 4.28. The van der Waals surface area contributed by atoms with Crippen molar-refractivity contribution in [2.75, 3.05) is 5.32 Å². The molecule has 0 saturated carbocycles. The average Bonchev–Trinajstić information content (AvgIpc) is 2.90. The number of nitriles is 1. The van der Waals surface area contributed by atoms with E-state index in [0.29, 0.717) is 5.56 Å². The van der Waals surface area contributed by atoms with E-state index in [-0.39, 0.29) is 11.3 Å². The predicted molar refractivity (Wildman–Crippen MR) is 83.1 cm³/mol. The van der Waals surface area contributed by atoms with Crippen molar-refractivity contribution in [2.24, 2.45) is 0 Å². The molecule has 2 heterocycles. The number of fused-ring (bicyclic) bond motifs is 1. The normalized spacial score (nSPS) is 16.1. The summed E-state index contributed by atoms with van der Waals surface area (Å²) >= 11 is 6.04. The largest absolute Gasteiger partial charge is 0.354 e. The lowest BCUT2D eigenvalue weighted by atomic mass is 10.0. The van der Waals surface area contributed by atoms with E-state index >= 15 is 0 Å². The number of aromatic nitrogens is 1. The van der Waals surface area contributed by atoms with Gasteiger partial charge in [0.05, 0.1) is 11.7 Å². The summed E-state index contributed by atoms with van der Waals surface area (Å²) in [7, 11) is 0. The highest BCUT2D eigenvalue weighted by Gasteiger charge is 2.26. The first-order valence-corrected chi connectivity index (χ1v) is 7.19. The molecular formula is C16H15ClN4. The van der Waals surface area contributed by atoms with Crippen LogP contribution in [0.25, 0.3) is 0 Å². The second-order valence-corrected chi connectivity index (χ2v) is 5.47. The molecule has 0 saturated heterocycles. The molecule has 1 aliphatic rings. The van der Waals surface area contributed by atoms with E-state index in [1.54, 1.807) is 0 Å². The summed E-state index contributed by atoms with van der Waals surface area (Å²) in [5.74, 6) is 0.780. The molecular weight excluding hydrogens is 284 g/mol. The van der Waals surface area contributed by atoms with Gasteiger partial charge in [-0.15, -0.1) is 0 Å². The van der Waals surface area contributed by atoms with Crippen molar-refractivity contribution in [3.8, 4) is 6.07 Å². The molecule has 3 rings (SSSR count). The minimum absolute atomic E-state index is 0.108. The molecule has 0 radical (unpaired) electrons. The molecule has 1 aromatic heterocycles. The average molecular weight is 299 g/mol. The van der Waals surface area contributed by atoms with Crippen LogP contribution < -0.4 is 10.6 Å². The van der Waals surface area contributed by atoms with Crippen LogP contribution in [0.15, 0.2) is 30.3 Å². The summed E-state index contributed by atoms with van der Waals surface area (Å²) in [6.45, 7) is 2.70. The monoisotopic (exact) mass is 298 g/mol. The fourth-order valence-corrected chi connectivity index (χ4v) is 2.85. The van der Waals surface area contributed by atoms with Gasteiger partial charge >= 0.3 is 0 Å². The predicted octanol–water partition coefficient (Wildman–Crippen LogP) is 3.00. The highest BCUT2D eigenvalue weighted by molar-refractivity contribution is 6.30. The lowest BCUT2D eigenvalue weighted by molar-refractivity contribution is 0.575. The van der Waals surface area contributed by atoms with Gasteiger partial charge in [0.2, 0.25) is 0 Å². The second kappa shape index (κ2) is 5.72. The molecule has 0 bridgehead atoms. The Morgan fingerprint density at radius 3 is 2.90 bits per heavy atom. The Morgan fingerprint density at radius 1 is 1.43 bits per heavy atom. The molecule has 1 atom stereocenters. The van der Waals surface area contributed by atoms with E-state index < -0.39 is 0 Å². The van der Waals surface area contributed by atoms with Crippen LogP contribution in [0.5, 0.6) is 0 Å². The summed E-state index contributed by atoms with van der Waals surface area (Å²) in [6, 6.07) is 12.4. The molecule has 4 nitrogen and oxygen atoms in total.